The normalized spacial score (nSPS) is 15.2. The van der Waals surface area contributed by atoms with Crippen LogP contribution in [0.1, 0.15) is 24.0 Å². The second kappa shape index (κ2) is 7.95. The molecule has 0 unspecified atom stereocenters. The van der Waals surface area contributed by atoms with E-state index >= 15 is 0 Å². The quantitative estimate of drug-likeness (QED) is 0.835. The molecule has 6 heteroatoms. The first-order chi connectivity index (χ1) is 12.2. The van der Waals surface area contributed by atoms with Crippen LogP contribution >= 0.6 is 0 Å². The zero-order valence-corrected chi connectivity index (χ0v) is 14.7. The van der Waals surface area contributed by atoms with Crippen LogP contribution in [0.25, 0.3) is 0 Å². The third-order valence-corrected chi connectivity index (χ3v) is 4.76. The Labute approximate surface area is 148 Å². The van der Waals surface area contributed by atoms with Crippen molar-refractivity contribution < 1.29 is 4.74 Å². The molecule has 25 heavy (non-hydrogen) atoms. The lowest BCUT2D eigenvalue weighted by Crippen LogP contribution is -2.43. The average molecular weight is 337 g/mol. The van der Waals surface area contributed by atoms with E-state index in [2.05, 4.69) is 32.9 Å². The van der Waals surface area contributed by atoms with Crippen molar-refractivity contribution in [3.05, 3.63) is 47.8 Å². The maximum Gasteiger partial charge on any atom is 0.218 e. The Morgan fingerprint density at radius 1 is 1.24 bits per heavy atom. The summed E-state index contributed by atoms with van der Waals surface area (Å²) in [7, 11) is 3.79. The molecule has 130 valence electrons. The third kappa shape index (κ3) is 4.25. The Morgan fingerprint density at radius 3 is 2.60 bits per heavy atom. The number of hydrogen-bond donors (Lipinski definition) is 0. The van der Waals surface area contributed by atoms with Crippen LogP contribution in [-0.2, 0) is 6.54 Å². The molecule has 0 N–H and O–H groups in total. The summed E-state index contributed by atoms with van der Waals surface area (Å²) in [6, 6.07) is 12.4. The van der Waals surface area contributed by atoms with Gasteiger partial charge in [-0.2, -0.15) is 5.26 Å². The van der Waals surface area contributed by atoms with Gasteiger partial charge >= 0.3 is 0 Å². The molecule has 0 radical (unpaired) electrons. The maximum atomic E-state index is 8.88. The van der Waals surface area contributed by atoms with Crippen LogP contribution in [0.5, 0.6) is 5.88 Å². The highest BCUT2D eigenvalue weighted by atomic mass is 16.5. The van der Waals surface area contributed by atoms with Crippen molar-refractivity contribution in [1.82, 2.24) is 14.9 Å². The van der Waals surface area contributed by atoms with Gasteiger partial charge in [-0.25, -0.2) is 9.97 Å². The van der Waals surface area contributed by atoms with E-state index in [-0.39, 0.29) is 0 Å². The van der Waals surface area contributed by atoms with Gasteiger partial charge in [0.25, 0.3) is 0 Å². The minimum atomic E-state index is 0.552. The molecule has 1 aliphatic rings. The molecule has 3 rings (SSSR count). The maximum absolute atomic E-state index is 8.88. The molecule has 1 aromatic heterocycles. The SMILES string of the molecule is COc1cc(N2CCC(N(C)Cc3ccc(C#N)cc3)CC2)ncn1. The molecule has 6 nitrogen and oxygen atoms in total. The Balaban J connectivity index is 1.55. The van der Waals surface area contributed by atoms with Gasteiger partial charge in [0.15, 0.2) is 0 Å². The first-order valence-corrected chi connectivity index (χ1v) is 8.50. The number of anilines is 1. The predicted octanol–water partition coefficient (Wildman–Crippen LogP) is 2.46. The van der Waals surface area contributed by atoms with Gasteiger partial charge in [-0.1, -0.05) is 12.1 Å². The van der Waals surface area contributed by atoms with Gasteiger partial charge in [-0.3, -0.25) is 4.90 Å². The smallest absolute Gasteiger partial charge is 0.218 e. The van der Waals surface area contributed by atoms with E-state index in [4.69, 9.17) is 10.00 Å². The van der Waals surface area contributed by atoms with Crippen LogP contribution in [0.2, 0.25) is 0 Å². The van der Waals surface area contributed by atoms with Crippen molar-refractivity contribution in [3.8, 4) is 11.9 Å². The van der Waals surface area contributed by atoms with Gasteiger partial charge in [0.1, 0.15) is 12.1 Å². The highest BCUT2D eigenvalue weighted by molar-refractivity contribution is 5.41. The number of hydrogen-bond acceptors (Lipinski definition) is 6. The zero-order valence-electron chi connectivity index (χ0n) is 14.7. The molecule has 0 amide bonds. The van der Waals surface area contributed by atoms with Gasteiger partial charge in [0.05, 0.1) is 18.7 Å². The number of piperidine rings is 1. The molecule has 0 spiro atoms. The van der Waals surface area contributed by atoms with Crippen LogP contribution in [0.3, 0.4) is 0 Å². The molecule has 2 heterocycles. The van der Waals surface area contributed by atoms with Crippen LogP contribution in [0.15, 0.2) is 36.7 Å². The number of benzene rings is 1. The standard InChI is InChI=1S/C19H23N5O/c1-23(13-16-5-3-15(12-20)4-6-16)17-7-9-24(10-8-17)18-11-19(25-2)22-14-21-18/h3-6,11,14,17H,7-10,13H2,1-2H3. The molecular weight excluding hydrogens is 314 g/mol. The summed E-state index contributed by atoms with van der Waals surface area (Å²) in [4.78, 5) is 13.1. The van der Waals surface area contributed by atoms with Gasteiger partial charge in [-0.05, 0) is 37.6 Å². The Kier molecular flexibility index (Phi) is 5.46. The summed E-state index contributed by atoms with van der Waals surface area (Å²) in [5.74, 6) is 1.53. The molecule has 0 atom stereocenters. The fourth-order valence-corrected chi connectivity index (χ4v) is 3.25. The van der Waals surface area contributed by atoms with E-state index < -0.39 is 0 Å². The van der Waals surface area contributed by atoms with E-state index in [0.717, 1.165) is 38.3 Å². The second-order valence-electron chi connectivity index (χ2n) is 6.36. The highest BCUT2D eigenvalue weighted by Crippen LogP contribution is 2.23. The topological polar surface area (TPSA) is 65.3 Å². The molecule has 0 saturated carbocycles. The Hall–Kier alpha value is -2.65. The van der Waals surface area contributed by atoms with E-state index in [0.29, 0.717) is 17.5 Å². The minimum absolute atomic E-state index is 0.552. The second-order valence-corrected chi connectivity index (χ2v) is 6.36. The number of nitriles is 1. The van der Waals surface area contributed by atoms with Gasteiger partial charge in [0.2, 0.25) is 5.88 Å². The molecule has 2 aromatic rings. The Morgan fingerprint density at radius 2 is 1.96 bits per heavy atom. The fourth-order valence-electron chi connectivity index (χ4n) is 3.25. The lowest BCUT2D eigenvalue weighted by Gasteiger charge is -2.37. The summed E-state index contributed by atoms with van der Waals surface area (Å²) in [5.41, 5.74) is 1.95. The molecule has 1 fully saturated rings. The van der Waals surface area contributed by atoms with E-state index in [9.17, 15) is 0 Å². The number of nitrogens with zero attached hydrogens (tertiary/aromatic N) is 5. The van der Waals surface area contributed by atoms with Gasteiger partial charge in [0, 0.05) is 31.7 Å². The van der Waals surface area contributed by atoms with Gasteiger partial charge < -0.3 is 9.64 Å². The minimum Gasteiger partial charge on any atom is -0.481 e. The Bertz CT molecular complexity index is 732. The number of ether oxygens (including phenoxy) is 1. The van der Waals surface area contributed by atoms with E-state index in [1.165, 1.54) is 5.56 Å². The predicted molar refractivity (Wildman–Crippen MR) is 96.4 cm³/mol. The first kappa shape index (κ1) is 17.2. The number of aromatic nitrogens is 2. The molecule has 1 saturated heterocycles. The monoisotopic (exact) mass is 337 g/mol. The number of methoxy groups -OCH3 is 1. The summed E-state index contributed by atoms with van der Waals surface area (Å²) < 4.78 is 5.18. The lowest BCUT2D eigenvalue weighted by molar-refractivity contribution is 0.200. The summed E-state index contributed by atoms with van der Waals surface area (Å²) in [6.07, 6.45) is 3.75. The molecule has 1 aromatic carbocycles. The van der Waals surface area contributed by atoms with Crippen LogP contribution < -0.4 is 9.64 Å². The van der Waals surface area contributed by atoms with E-state index in [1.54, 1.807) is 13.4 Å². The highest BCUT2D eigenvalue weighted by Gasteiger charge is 2.23. The van der Waals surface area contributed by atoms with Crippen molar-refractivity contribution in [2.24, 2.45) is 0 Å². The molecular formula is C19H23N5O. The molecule has 0 bridgehead atoms. The first-order valence-electron chi connectivity index (χ1n) is 8.50. The van der Waals surface area contributed by atoms with Crippen molar-refractivity contribution in [3.63, 3.8) is 0 Å². The third-order valence-electron chi connectivity index (χ3n) is 4.76. The molecule has 0 aliphatic carbocycles. The van der Waals surface area contributed by atoms with Crippen LogP contribution in [0, 0.1) is 11.3 Å². The fraction of sp³-hybridized carbons (Fsp3) is 0.421. The summed E-state index contributed by atoms with van der Waals surface area (Å²) in [6.45, 7) is 2.85. The van der Waals surface area contributed by atoms with Crippen molar-refractivity contribution in [2.75, 3.05) is 32.1 Å². The van der Waals surface area contributed by atoms with Crippen LogP contribution in [-0.4, -0.2) is 48.2 Å². The average Bonchev–Trinajstić information content (AvgIpc) is 2.68. The van der Waals surface area contributed by atoms with Crippen molar-refractivity contribution in [1.29, 1.82) is 5.26 Å². The zero-order chi connectivity index (χ0) is 17.6. The lowest BCUT2D eigenvalue weighted by atomic mass is 10.0. The van der Waals surface area contributed by atoms with Gasteiger partial charge in [-0.15, -0.1) is 0 Å². The largest absolute Gasteiger partial charge is 0.481 e. The number of rotatable bonds is 5. The van der Waals surface area contributed by atoms with Crippen molar-refractivity contribution in [2.45, 2.75) is 25.4 Å². The van der Waals surface area contributed by atoms with Crippen LogP contribution in [0.4, 0.5) is 5.82 Å². The summed E-state index contributed by atoms with van der Waals surface area (Å²) >= 11 is 0. The molecule has 1 aliphatic heterocycles. The van der Waals surface area contributed by atoms with E-state index in [1.807, 2.05) is 30.3 Å². The van der Waals surface area contributed by atoms with Crippen molar-refractivity contribution >= 4 is 5.82 Å². The summed E-state index contributed by atoms with van der Waals surface area (Å²) in [5, 5.41) is 8.88.